The molecule has 4 rings (SSSR count). The molecule has 0 aliphatic rings. The van der Waals surface area contributed by atoms with Gasteiger partial charge in [0.25, 0.3) is 0 Å². The molecule has 2 aromatic heterocycles. The van der Waals surface area contributed by atoms with Crippen molar-refractivity contribution in [1.29, 1.82) is 0 Å². The number of halogens is 1. The van der Waals surface area contributed by atoms with Crippen molar-refractivity contribution in [3.8, 4) is 11.3 Å². The first-order chi connectivity index (χ1) is 16.7. The van der Waals surface area contributed by atoms with E-state index in [1.54, 1.807) is 43.4 Å². The van der Waals surface area contributed by atoms with E-state index in [0.29, 0.717) is 33.7 Å². The topological polar surface area (TPSA) is 104 Å². The summed E-state index contributed by atoms with van der Waals surface area (Å²) in [4.78, 5) is 34.7. The van der Waals surface area contributed by atoms with Gasteiger partial charge in [-0.25, -0.2) is 9.97 Å². The van der Waals surface area contributed by atoms with Gasteiger partial charge in [0.05, 0.1) is 34.8 Å². The lowest BCUT2D eigenvalue weighted by Gasteiger charge is -2.15. The number of para-hydroxylation sites is 1. The molecule has 0 saturated carbocycles. The summed E-state index contributed by atoms with van der Waals surface area (Å²) in [5.74, 6) is -0.107. The van der Waals surface area contributed by atoms with Crippen LogP contribution in [0.1, 0.15) is 6.92 Å². The van der Waals surface area contributed by atoms with E-state index in [4.69, 9.17) is 11.6 Å². The van der Waals surface area contributed by atoms with Crippen molar-refractivity contribution in [1.82, 2.24) is 19.4 Å². The van der Waals surface area contributed by atoms with Crippen LogP contribution in [-0.2, 0) is 16.6 Å². The van der Waals surface area contributed by atoms with Crippen LogP contribution in [-0.4, -0.2) is 51.9 Å². The van der Waals surface area contributed by atoms with E-state index in [2.05, 4.69) is 25.9 Å². The van der Waals surface area contributed by atoms with E-state index in [1.807, 2.05) is 42.1 Å². The molecule has 0 atom stereocenters. The fourth-order valence-electron chi connectivity index (χ4n) is 3.78. The van der Waals surface area contributed by atoms with Crippen LogP contribution in [0.5, 0.6) is 0 Å². The van der Waals surface area contributed by atoms with Gasteiger partial charge < -0.3 is 25.4 Å². The Labute approximate surface area is 208 Å². The maximum atomic E-state index is 12.2. The molecular formula is C25H26ClN7O2. The van der Waals surface area contributed by atoms with Crippen LogP contribution in [0.2, 0.25) is 5.02 Å². The molecule has 0 aliphatic heterocycles. The second-order valence-electron chi connectivity index (χ2n) is 8.41. The van der Waals surface area contributed by atoms with Crippen LogP contribution < -0.4 is 16.0 Å². The lowest BCUT2D eigenvalue weighted by Crippen LogP contribution is -2.27. The molecule has 0 unspecified atom stereocenters. The largest absolute Gasteiger partial charge is 0.350 e. The SMILES string of the molecule is CC(=O)Nc1cc(Nc2ncc(Cl)c(-c3cn(C)c4ccccc34)n2)ccc1NC(=O)CN(C)C. The van der Waals surface area contributed by atoms with Crippen LogP contribution in [0.15, 0.2) is 54.9 Å². The normalized spacial score (nSPS) is 11.0. The molecule has 180 valence electrons. The van der Waals surface area contributed by atoms with E-state index in [0.717, 1.165) is 16.5 Å². The fraction of sp³-hybridized carbons (Fsp3) is 0.200. The molecule has 0 spiro atoms. The van der Waals surface area contributed by atoms with Crippen LogP contribution in [0, 0.1) is 0 Å². The van der Waals surface area contributed by atoms with Crippen LogP contribution in [0.3, 0.4) is 0 Å². The van der Waals surface area contributed by atoms with Crippen molar-refractivity contribution < 1.29 is 9.59 Å². The second kappa shape index (κ2) is 10.1. The van der Waals surface area contributed by atoms with Gasteiger partial charge in [-0.05, 0) is 38.4 Å². The Morgan fingerprint density at radius 3 is 2.60 bits per heavy atom. The van der Waals surface area contributed by atoms with Gasteiger partial charge in [0.1, 0.15) is 0 Å². The van der Waals surface area contributed by atoms with Gasteiger partial charge >= 0.3 is 0 Å². The predicted molar refractivity (Wildman–Crippen MR) is 140 cm³/mol. The molecule has 0 aliphatic carbocycles. The first-order valence-electron chi connectivity index (χ1n) is 10.9. The van der Waals surface area contributed by atoms with Gasteiger partial charge in [-0.15, -0.1) is 0 Å². The average Bonchev–Trinajstić information content (AvgIpc) is 3.12. The van der Waals surface area contributed by atoms with Gasteiger partial charge in [0, 0.05) is 42.3 Å². The summed E-state index contributed by atoms with van der Waals surface area (Å²) in [6.07, 6.45) is 3.54. The summed E-state index contributed by atoms with van der Waals surface area (Å²) in [7, 11) is 5.59. The third-order valence-electron chi connectivity index (χ3n) is 5.22. The van der Waals surface area contributed by atoms with Gasteiger partial charge in [0.15, 0.2) is 0 Å². The molecule has 10 heteroatoms. The highest BCUT2D eigenvalue weighted by atomic mass is 35.5. The van der Waals surface area contributed by atoms with Crippen LogP contribution in [0.25, 0.3) is 22.2 Å². The van der Waals surface area contributed by atoms with Gasteiger partial charge in [-0.2, -0.15) is 0 Å². The minimum absolute atomic E-state index is 0.192. The maximum Gasteiger partial charge on any atom is 0.238 e. The molecular weight excluding hydrogens is 466 g/mol. The number of hydrogen-bond donors (Lipinski definition) is 3. The average molecular weight is 492 g/mol. The summed E-state index contributed by atoms with van der Waals surface area (Å²) in [5, 5.41) is 10.2. The molecule has 0 bridgehead atoms. The molecule has 4 aromatic rings. The molecule has 0 fully saturated rings. The first-order valence-corrected chi connectivity index (χ1v) is 11.3. The highest BCUT2D eigenvalue weighted by Gasteiger charge is 2.15. The van der Waals surface area contributed by atoms with Crippen LogP contribution in [0.4, 0.5) is 23.0 Å². The zero-order valence-corrected chi connectivity index (χ0v) is 20.6. The number of fused-ring (bicyclic) bond motifs is 1. The number of aromatic nitrogens is 3. The Bertz CT molecular complexity index is 1410. The van der Waals surface area contributed by atoms with E-state index in [-0.39, 0.29) is 18.4 Å². The minimum atomic E-state index is -0.258. The fourth-order valence-corrected chi connectivity index (χ4v) is 3.97. The Morgan fingerprint density at radius 2 is 1.86 bits per heavy atom. The van der Waals surface area contributed by atoms with E-state index >= 15 is 0 Å². The third-order valence-corrected chi connectivity index (χ3v) is 5.49. The third kappa shape index (κ3) is 5.59. The smallest absolute Gasteiger partial charge is 0.238 e. The molecule has 0 saturated heterocycles. The standard InChI is InChI=1S/C25H26ClN7O2/c1-15(34)28-21-11-16(9-10-20(21)30-23(35)14-32(2)3)29-25-27-12-19(26)24(31-25)18-13-33(4)22-8-6-5-7-17(18)22/h5-13H,14H2,1-4H3,(H,28,34)(H,30,35)(H,27,29,31). The second-order valence-corrected chi connectivity index (χ2v) is 8.82. The Balaban J connectivity index is 1.65. The molecule has 2 aromatic carbocycles. The predicted octanol–water partition coefficient (Wildman–Crippen LogP) is 4.49. The molecule has 35 heavy (non-hydrogen) atoms. The van der Waals surface area contributed by atoms with Crippen molar-refractivity contribution in [3.05, 3.63) is 59.9 Å². The maximum absolute atomic E-state index is 12.2. The van der Waals surface area contributed by atoms with Crippen molar-refractivity contribution >= 4 is 57.3 Å². The summed E-state index contributed by atoms with van der Waals surface area (Å²) < 4.78 is 2.03. The summed E-state index contributed by atoms with van der Waals surface area (Å²) >= 11 is 6.48. The van der Waals surface area contributed by atoms with Crippen molar-refractivity contribution in [2.24, 2.45) is 7.05 Å². The Kier molecular flexibility index (Phi) is 6.99. The number of carbonyl (C=O) groups excluding carboxylic acids is 2. The molecule has 2 amide bonds. The van der Waals surface area contributed by atoms with Crippen molar-refractivity contribution in [3.63, 3.8) is 0 Å². The lowest BCUT2D eigenvalue weighted by atomic mass is 10.1. The molecule has 3 N–H and O–H groups in total. The number of aryl methyl sites for hydroxylation is 1. The van der Waals surface area contributed by atoms with Crippen molar-refractivity contribution in [2.45, 2.75) is 6.92 Å². The summed E-state index contributed by atoms with van der Waals surface area (Å²) in [5.41, 5.74) is 4.15. The Morgan fingerprint density at radius 1 is 1.09 bits per heavy atom. The van der Waals surface area contributed by atoms with Crippen LogP contribution >= 0.6 is 11.6 Å². The number of benzene rings is 2. The zero-order valence-electron chi connectivity index (χ0n) is 19.9. The van der Waals surface area contributed by atoms with Gasteiger partial charge in [-0.1, -0.05) is 29.8 Å². The number of likely N-dealkylation sites (N-methyl/N-ethyl adjacent to an activating group) is 1. The summed E-state index contributed by atoms with van der Waals surface area (Å²) in [6.45, 7) is 1.62. The lowest BCUT2D eigenvalue weighted by molar-refractivity contribution is -0.117. The van der Waals surface area contributed by atoms with Gasteiger partial charge in [-0.3, -0.25) is 9.59 Å². The number of nitrogens with zero attached hydrogens (tertiary/aromatic N) is 4. The zero-order chi connectivity index (χ0) is 25.1. The Hall–Kier alpha value is -3.95. The molecule has 0 radical (unpaired) electrons. The number of rotatable bonds is 7. The van der Waals surface area contributed by atoms with Crippen molar-refractivity contribution in [2.75, 3.05) is 36.6 Å². The number of nitrogens with one attached hydrogen (secondary N) is 3. The number of carbonyl (C=O) groups is 2. The van der Waals surface area contributed by atoms with Gasteiger partial charge in [0.2, 0.25) is 17.8 Å². The number of hydrogen-bond acceptors (Lipinski definition) is 6. The quantitative estimate of drug-likeness (QED) is 0.352. The number of anilines is 4. The number of amides is 2. The monoisotopic (exact) mass is 491 g/mol. The highest BCUT2D eigenvalue weighted by Crippen LogP contribution is 2.34. The van der Waals surface area contributed by atoms with E-state index in [1.165, 1.54) is 6.92 Å². The highest BCUT2D eigenvalue weighted by molar-refractivity contribution is 6.33. The minimum Gasteiger partial charge on any atom is -0.350 e. The molecule has 9 nitrogen and oxygen atoms in total. The van der Waals surface area contributed by atoms with E-state index in [9.17, 15) is 9.59 Å². The summed E-state index contributed by atoms with van der Waals surface area (Å²) in [6, 6.07) is 13.2. The van der Waals surface area contributed by atoms with E-state index < -0.39 is 0 Å². The first kappa shape index (κ1) is 24.2. The molecule has 2 heterocycles.